The standard InChI is InChI=1S/C31H21BrCl3N3O4/c1-2-41-26-12-17(8-11-25(26)42-31(40)21-10-9-20(33)15-23(21)34)16-36-38-30(39)29-27(18-6-4-3-5-7-18)22-13-19(32)14-24(35)28(22)37-29/h3-16,37H,2H2,1H3,(H,38,39). The molecule has 0 unspecified atom stereocenters. The Balaban J connectivity index is 1.38. The van der Waals surface area contributed by atoms with E-state index in [0.29, 0.717) is 44.7 Å². The molecule has 42 heavy (non-hydrogen) atoms. The molecule has 0 saturated carbocycles. The fourth-order valence-electron chi connectivity index (χ4n) is 4.28. The van der Waals surface area contributed by atoms with Gasteiger partial charge in [0.1, 0.15) is 5.69 Å². The predicted octanol–water partition coefficient (Wildman–Crippen LogP) is 8.94. The first-order valence-corrected chi connectivity index (χ1v) is 14.5. The third-order valence-electron chi connectivity index (χ3n) is 6.11. The smallest absolute Gasteiger partial charge is 0.345 e. The number of halogens is 4. The van der Waals surface area contributed by atoms with Crippen molar-refractivity contribution in [1.82, 2.24) is 10.4 Å². The first-order valence-electron chi connectivity index (χ1n) is 12.6. The Morgan fingerprint density at radius 2 is 1.74 bits per heavy atom. The van der Waals surface area contributed by atoms with E-state index in [-0.39, 0.29) is 16.3 Å². The Labute approximate surface area is 264 Å². The number of H-pyrrole nitrogens is 1. The van der Waals surface area contributed by atoms with Gasteiger partial charge in [0.2, 0.25) is 0 Å². The van der Waals surface area contributed by atoms with Crippen molar-refractivity contribution in [3.63, 3.8) is 0 Å². The van der Waals surface area contributed by atoms with Gasteiger partial charge in [0, 0.05) is 20.4 Å². The van der Waals surface area contributed by atoms with Crippen LogP contribution in [-0.2, 0) is 0 Å². The molecule has 11 heteroatoms. The lowest BCUT2D eigenvalue weighted by molar-refractivity contribution is 0.0728. The van der Waals surface area contributed by atoms with Crippen LogP contribution in [-0.4, -0.2) is 29.7 Å². The van der Waals surface area contributed by atoms with E-state index in [0.717, 1.165) is 15.4 Å². The number of nitrogens with one attached hydrogen (secondary N) is 2. The van der Waals surface area contributed by atoms with E-state index in [1.54, 1.807) is 37.3 Å². The Morgan fingerprint density at radius 3 is 2.48 bits per heavy atom. The first-order chi connectivity index (χ1) is 20.2. The number of hydrogen-bond acceptors (Lipinski definition) is 5. The molecule has 0 saturated heterocycles. The quantitative estimate of drug-likeness (QED) is 0.0739. The molecular weight excluding hydrogens is 665 g/mol. The van der Waals surface area contributed by atoms with Gasteiger partial charge in [-0.25, -0.2) is 10.2 Å². The van der Waals surface area contributed by atoms with Crippen molar-refractivity contribution in [1.29, 1.82) is 0 Å². The summed E-state index contributed by atoms with van der Waals surface area (Å²) in [5, 5.41) is 5.98. The van der Waals surface area contributed by atoms with Gasteiger partial charge >= 0.3 is 5.97 Å². The van der Waals surface area contributed by atoms with Crippen LogP contribution in [0.3, 0.4) is 0 Å². The molecule has 1 amide bonds. The zero-order valence-electron chi connectivity index (χ0n) is 21.9. The van der Waals surface area contributed by atoms with Crippen LogP contribution < -0.4 is 14.9 Å². The fraction of sp³-hybridized carbons (Fsp3) is 0.0645. The van der Waals surface area contributed by atoms with E-state index >= 15 is 0 Å². The maximum Gasteiger partial charge on any atom is 0.345 e. The van der Waals surface area contributed by atoms with Crippen LogP contribution in [0.1, 0.15) is 33.3 Å². The number of esters is 1. The summed E-state index contributed by atoms with van der Waals surface area (Å²) in [5.41, 5.74) is 5.83. The molecule has 212 valence electrons. The normalized spacial score (nSPS) is 11.2. The van der Waals surface area contributed by atoms with Crippen LogP contribution in [0, 0.1) is 0 Å². The van der Waals surface area contributed by atoms with Crippen LogP contribution in [0.4, 0.5) is 0 Å². The number of hydrogen-bond donors (Lipinski definition) is 2. The highest BCUT2D eigenvalue weighted by Crippen LogP contribution is 2.38. The van der Waals surface area contributed by atoms with E-state index in [1.165, 1.54) is 18.3 Å². The van der Waals surface area contributed by atoms with Crippen molar-refractivity contribution in [3.05, 3.63) is 115 Å². The minimum atomic E-state index is -0.661. The van der Waals surface area contributed by atoms with Gasteiger partial charge in [-0.2, -0.15) is 5.10 Å². The van der Waals surface area contributed by atoms with Crippen molar-refractivity contribution >= 4 is 79.7 Å². The van der Waals surface area contributed by atoms with Crippen molar-refractivity contribution in [2.24, 2.45) is 5.10 Å². The molecule has 0 atom stereocenters. The second kappa shape index (κ2) is 13.0. The van der Waals surface area contributed by atoms with Crippen molar-refractivity contribution < 1.29 is 19.1 Å². The summed E-state index contributed by atoms with van der Waals surface area (Å²) in [7, 11) is 0. The van der Waals surface area contributed by atoms with Gasteiger partial charge in [0.05, 0.1) is 33.9 Å². The zero-order valence-corrected chi connectivity index (χ0v) is 25.7. The van der Waals surface area contributed by atoms with Gasteiger partial charge in [0.25, 0.3) is 5.91 Å². The van der Waals surface area contributed by atoms with Crippen molar-refractivity contribution in [2.75, 3.05) is 6.61 Å². The largest absolute Gasteiger partial charge is 0.490 e. The van der Waals surface area contributed by atoms with Crippen LogP contribution in [0.5, 0.6) is 11.5 Å². The number of aromatic amines is 1. The third-order valence-corrected chi connectivity index (χ3v) is 7.42. The second-order valence-electron chi connectivity index (χ2n) is 8.90. The number of amides is 1. The molecule has 0 aliphatic rings. The van der Waals surface area contributed by atoms with Crippen molar-refractivity contribution in [2.45, 2.75) is 6.92 Å². The van der Waals surface area contributed by atoms with E-state index in [4.69, 9.17) is 44.3 Å². The average molecular weight is 686 g/mol. The Bertz CT molecular complexity index is 1840. The minimum absolute atomic E-state index is 0.164. The molecule has 7 nitrogen and oxygen atoms in total. The number of ether oxygens (including phenoxy) is 2. The van der Waals surface area contributed by atoms with Gasteiger partial charge in [-0.05, 0) is 66.6 Å². The molecule has 0 radical (unpaired) electrons. The van der Waals surface area contributed by atoms with E-state index in [9.17, 15) is 9.59 Å². The molecule has 4 aromatic carbocycles. The summed E-state index contributed by atoms with van der Waals surface area (Å²) in [4.78, 5) is 29.2. The molecular formula is C31H21BrCl3N3O4. The van der Waals surface area contributed by atoms with Crippen molar-refractivity contribution in [3.8, 4) is 22.6 Å². The number of hydrazone groups is 1. The third kappa shape index (κ3) is 6.47. The molecule has 5 rings (SSSR count). The lowest BCUT2D eigenvalue weighted by atomic mass is 10.0. The lowest BCUT2D eigenvalue weighted by Gasteiger charge is -2.12. The Morgan fingerprint density at radius 1 is 0.952 bits per heavy atom. The van der Waals surface area contributed by atoms with Crippen LogP contribution in [0.15, 0.2) is 88.4 Å². The van der Waals surface area contributed by atoms with Gasteiger partial charge in [-0.15, -0.1) is 0 Å². The second-order valence-corrected chi connectivity index (χ2v) is 11.1. The number of rotatable bonds is 8. The maximum absolute atomic E-state index is 13.3. The molecule has 0 bridgehead atoms. The number of carbonyl (C=O) groups is 2. The number of nitrogens with zero attached hydrogens (tertiary/aromatic N) is 1. The molecule has 2 N–H and O–H groups in total. The van der Waals surface area contributed by atoms with Gasteiger partial charge in [-0.1, -0.05) is 81.1 Å². The maximum atomic E-state index is 13.3. The Kier molecular flexibility index (Phi) is 9.18. The average Bonchev–Trinajstić information content (AvgIpc) is 3.35. The zero-order chi connectivity index (χ0) is 29.8. The SMILES string of the molecule is CCOc1cc(C=NNC(=O)c2[nH]c3c(Cl)cc(Br)cc3c2-c2ccccc2)ccc1OC(=O)c1ccc(Cl)cc1Cl. The highest BCUT2D eigenvalue weighted by Gasteiger charge is 2.21. The van der Waals surface area contributed by atoms with Crippen LogP contribution in [0.25, 0.3) is 22.0 Å². The minimum Gasteiger partial charge on any atom is -0.490 e. The van der Waals surface area contributed by atoms with Gasteiger partial charge in [-0.3, -0.25) is 4.79 Å². The molecule has 1 aromatic heterocycles. The molecule has 1 heterocycles. The summed E-state index contributed by atoms with van der Waals surface area (Å²) in [6.07, 6.45) is 1.45. The first kappa shape index (κ1) is 29.7. The highest BCUT2D eigenvalue weighted by molar-refractivity contribution is 9.10. The summed E-state index contributed by atoms with van der Waals surface area (Å²) in [5.74, 6) is -0.606. The monoisotopic (exact) mass is 683 g/mol. The molecule has 0 spiro atoms. The predicted molar refractivity (Wildman–Crippen MR) is 171 cm³/mol. The van der Waals surface area contributed by atoms with E-state index in [1.807, 2.05) is 36.4 Å². The Hall–Kier alpha value is -3.82. The number of carbonyl (C=O) groups excluding carboxylic acids is 2. The fourth-order valence-corrected chi connectivity index (χ4v) is 5.63. The summed E-state index contributed by atoms with van der Waals surface area (Å²) in [6.45, 7) is 2.13. The molecule has 0 fully saturated rings. The van der Waals surface area contributed by atoms with E-state index < -0.39 is 11.9 Å². The molecule has 0 aliphatic carbocycles. The topological polar surface area (TPSA) is 92.8 Å². The number of aromatic nitrogens is 1. The van der Waals surface area contributed by atoms with Crippen LogP contribution >= 0.6 is 50.7 Å². The lowest BCUT2D eigenvalue weighted by Crippen LogP contribution is -2.18. The van der Waals surface area contributed by atoms with Crippen LogP contribution in [0.2, 0.25) is 15.1 Å². The molecule has 5 aromatic rings. The summed E-state index contributed by atoms with van der Waals surface area (Å²) >= 11 is 22.0. The van der Waals surface area contributed by atoms with Gasteiger partial charge in [0.15, 0.2) is 11.5 Å². The number of fused-ring (bicyclic) bond motifs is 1. The summed E-state index contributed by atoms with van der Waals surface area (Å²) in [6, 6.07) is 22.6. The molecule has 0 aliphatic heterocycles. The summed E-state index contributed by atoms with van der Waals surface area (Å²) < 4.78 is 12.0. The highest BCUT2D eigenvalue weighted by atomic mass is 79.9. The van der Waals surface area contributed by atoms with E-state index in [2.05, 4.69) is 31.4 Å². The number of benzene rings is 4. The van der Waals surface area contributed by atoms with Gasteiger partial charge < -0.3 is 14.5 Å².